The molecule has 0 aromatic rings. The number of hydrogen-bond donors (Lipinski definition) is 0. The van der Waals surface area contributed by atoms with Crippen LogP contribution in [0.1, 0.15) is 0 Å². The molecule has 35 valence electrons. The summed E-state index contributed by atoms with van der Waals surface area (Å²) in [5, 5.41) is 8.17. The van der Waals surface area contributed by atoms with Crippen molar-refractivity contribution in [3.63, 3.8) is 0 Å². The molecule has 1 aliphatic rings. The molecule has 1 radical (unpaired) electrons. The second kappa shape index (κ2) is 1.90. The van der Waals surface area contributed by atoms with Crippen LogP contribution in [0.25, 0.3) is 0 Å². The summed E-state index contributed by atoms with van der Waals surface area (Å²) >= 11 is 1.42. The lowest BCUT2D eigenvalue weighted by Crippen LogP contribution is -1.70. The average Bonchev–Trinajstić information content (AvgIpc) is 2.14. The van der Waals surface area contributed by atoms with Gasteiger partial charge in [0.2, 0.25) is 0 Å². The molecule has 0 aromatic heterocycles. The van der Waals surface area contributed by atoms with Crippen molar-refractivity contribution in [2.75, 3.05) is 5.75 Å². The van der Waals surface area contributed by atoms with Gasteiger partial charge in [0.1, 0.15) is 0 Å². The summed E-state index contributed by atoms with van der Waals surface area (Å²) in [6.07, 6.45) is 1.60. The molecule has 0 amide bonds. The largest absolute Gasteiger partial charge is 0.223 e. The number of hydrogen-bond acceptors (Lipinski definition) is 2. The molecular weight excluding hydrogens is 108 g/mol. The van der Waals surface area contributed by atoms with E-state index in [-0.39, 0.29) is 0 Å². The highest BCUT2D eigenvalue weighted by molar-refractivity contribution is 7.97. The number of nitrogens with zero attached hydrogens (tertiary/aromatic N) is 2. The van der Waals surface area contributed by atoms with Crippen LogP contribution < -0.4 is 4.72 Å². The summed E-state index contributed by atoms with van der Waals surface area (Å²) < 4.78 is 3.77. The molecule has 1 rings (SSSR count). The van der Waals surface area contributed by atoms with E-state index < -0.39 is 0 Å². The Bertz CT molecular complexity index is 133. The second-order valence-electron chi connectivity index (χ2n) is 1.14. The first-order valence-electron chi connectivity index (χ1n) is 1.85. The van der Waals surface area contributed by atoms with E-state index in [9.17, 15) is 0 Å². The zero-order valence-electron chi connectivity index (χ0n) is 3.59. The molecule has 0 atom stereocenters. The Balaban J connectivity index is 2.57. The Kier molecular flexibility index (Phi) is 1.23. The normalized spacial score (nSPS) is 17.3. The topological polar surface area (TPSA) is 37.9 Å². The van der Waals surface area contributed by atoms with Gasteiger partial charge in [-0.1, -0.05) is 0 Å². The van der Waals surface area contributed by atoms with Crippen LogP contribution in [0.2, 0.25) is 0 Å². The Morgan fingerprint density at radius 2 is 2.86 bits per heavy atom. The monoisotopic (exact) mass is 111 g/mol. The van der Waals surface area contributed by atoms with Crippen LogP contribution in [-0.2, 0) is 0 Å². The molecule has 0 spiro atoms. The van der Waals surface area contributed by atoms with E-state index in [4.69, 9.17) is 5.26 Å². The summed E-state index contributed by atoms with van der Waals surface area (Å²) in [4.78, 5) is 0. The summed E-state index contributed by atoms with van der Waals surface area (Å²) in [5.41, 5.74) is 0.769. The van der Waals surface area contributed by atoms with Gasteiger partial charge in [-0.2, -0.15) is 5.26 Å². The van der Waals surface area contributed by atoms with Crippen LogP contribution >= 0.6 is 11.9 Å². The van der Waals surface area contributed by atoms with Crippen LogP contribution in [0.5, 0.6) is 0 Å². The standard InChI is InChI=1S/C4H3N2S/c5-1-4-2-6-7-3-4/h2H,3H2. The van der Waals surface area contributed by atoms with E-state index in [0.29, 0.717) is 0 Å². The maximum absolute atomic E-state index is 8.17. The van der Waals surface area contributed by atoms with E-state index in [1.54, 1.807) is 6.20 Å². The number of rotatable bonds is 0. The van der Waals surface area contributed by atoms with Gasteiger partial charge in [-0.3, -0.25) is 0 Å². The predicted octanol–water partition coefficient (Wildman–Crippen LogP) is 0.660. The average molecular weight is 111 g/mol. The van der Waals surface area contributed by atoms with Gasteiger partial charge < -0.3 is 0 Å². The van der Waals surface area contributed by atoms with Crippen molar-refractivity contribution < 1.29 is 0 Å². The van der Waals surface area contributed by atoms with Gasteiger partial charge in [-0.25, -0.2) is 4.72 Å². The van der Waals surface area contributed by atoms with Crippen LogP contribution in [0.3, 0.4) is 0 Å². The van der Waals surface area contributed by atoms with Gasteiger partial charge in [0.15, 0.2) is 0 Å². The third kappa shape index (κ3) is 0.875. The summed E-state index contributed by atoms with van der Waals surface area (Å²) in [5.74, 6) is 0.760. The van der Waals surface area contributed by atoms with Crippen molar-refractivity contribution in [1.82, 2.24) is 4.72 Å². The van der Waals surface area contributed by atoms with Crippen molar-refractivity contribution in [1.29, 1.82) is 5.26 Å². The fraction of sp³-hybridized carbons (Fsp3) is 0.250. The fourth-order valence-corrected chi connectivity index (χ4v) is 0.861. The van der Waals surface area contributed by atoms with Gasteiger partial charge >= 0.3 is 0 Å². The second-order valence-corrected chi connectivity index (χ2v) is 1.90. The van der Waals surface area contributed by atoms with E-state index in [2.05, 4.69) is 4.72 Å². The Morgan fingerprint density at radius 3 is 3.14 bits per heavy atom. The van der Waals surface area contributed by atoms with Gasteiger partial charge in [-0.05, 0) is 11.9 Å². The molecule has 0 saturated heterocycles. The summed E-state index contributed by atoms with van der Waals surface area (Å²) in [6.45, 7) is 0. The molecule has 2 nitrogen and oxygen atoms in total. The van der Waals surface area contributed by atoms with Crippen molar-refractivity contribution in [3.05, 3.63) is 11.8 Å². The Hall–Kier alpha value is -0.620. The van der Waals surface area contributed by atoms with E-state index in [0.717, 1.165) is 11.3 Å². The minimum Gasteiger partial charge on any atom is -0.223 e. The van der Waals surface area contributed by atoms with Gasteiger partial charge in [0, 0.05) is 6.20 Å². The van der Waals surface area contributed by atoms with Gasteiger partial charge in [0.05, 0.1) is 17.4 Å². The molecule has 7 heavy (non-hydrogen) atoms. The molecule has 0 aromatic carbocycles. The smallest absolute Gasteiger partial charge is 0.0973 e. The molecule has 0 aliphatic carbocycles. The van der Waals surface area contributed by atoms with E-state index in [1.165, 1.54) is 11.9 Å². The van der Waals surface area contributed by atoms with Crippen molar-refractivity contribution in [2.45, 2.75) is 0 Å². The van der Waals surface area contributed by atoms with Crippen LogP contribution in [0.4, 0.5) is 0 Å². The minimum absolute atomic E-state index is 0.760. The molecule has 3 heteroatoms. The summed E-state index contributed by atoms with van der Waals surface area (Å²) in [7, 11) is 0. The molecular formula is C4H3N2S. The summed E-state index contributed by atoms with van der Waals surface area (Å²) in [6, 6.07) is 2.01. The van der Waals surface area contributed by atoms with Gasteiger partial charge in [0.25, 0.3) is 0 Å². The zero-order chi connectivity index (χ0) is 5.11. The van der Waals surface area contributed by atoms with E-state index >= 15 is 0 Å². The third-order valence-corrected chi connectivity index (χ3v) is 1.34. The van der Waals surface area contributed by atoms with Crippen LogP contribution in [-0.4, -0.2) is 5.75 Å². The molecule has 1 heterocycles. The lowest BCUT2D eigenvalue weighted by molar-refractivity contribution is 1.39. The van der Waals surface area contributed by atoms with Crippen molar-refractivity contribution in [2.24, 2.45) is 0 Å². The molecule has 0 N–H and O–H groups in total. The van der Waals surface area contributed by atoms with E-state index in [1.807, 2.05) is 6.07 Å². The highest BCUT2D eigenvalue weighted by Gasteiger charge is 2.02. The fourth-order valence-electron chi connectivity index (χ4n) is 0.306. The molecule has 0 unspecified atom stereocenters. The minimum atomic E-state index is 0.760. The van der Waals surface area contributed by atoms with Crippen molar-refractivity contribution >= 4 is 11.9 Å². The lowest BCUT2D eigenvalue weighted by Gasteiger charge is -1.74. The predicted molar refractivity (Wildman–Crippen MR) is 28.3 cm³/mol. The van der Waals surface area contributed by atoms with Crippen molar-refractivity contribution in [3.8, 4) is 6.07 Å². The maximum Gasteiger partial charge on any atom is 0.0973 e. The highest BCUT2D eigenvalue weighted by atomic mass is 32.2. The van der Waals surface area contributed by atoms with Crippen LogP contribution in [0, 0.1) is 11.3 Å². The highest BCUT2D eigenvalue weighted by Crippen LogP contribution is 2.11. The first kappa shape index (κ1) is 4.54. The Morgan fingerprint density at radius 1 is 2.00 bits per heavy atom. The molecule has 0 fully saturated rings. The molecule has 0 bridgehead atoms. The maximum atomic E-state index is 8.17. The lowest BCUT2D eigenvalue weighted by atomic mass is 10.4. The first-order valence-corrected chi connectivity index (χ1v) is 2.79. The third-order valence-electron chi connectivity index (χ3n) is 0.647. The quantitative estimate of drug-likeness (QED) is 0.431. The zero-order valence-corrected chi connectivity index (χ0v) is 4.40. The SMILES string of the molecule is N#CC1=C[N]SC1. The van der Waals surface area contributed by atoms with Gasteiger partial charge in [-0.15, -0.1) is 0 Å². The molecule has 0 saturated carbocycles. The Labute approximate surface area is 46.3 Å². The first-order chi connectivity index (χ1) is 3.43. The van der Waals surface area contributed by atoms with Crippen LogP contribution in [0.15, 0.2) is 11.8 Å². The number of nitriles is 1. The molecule has 1 aliphatic heterocycles.